The molecular formula is C11H20N2O2S. The molecule has 4 nitrogen and oxygen atoms in total. The van der Waals surface area contributed by atoms with Crippen molar-refractivity contribution in [3.05, 3.63) is 0 Å². The molecule has 0 aliphatic heterocycles. The van der Waals surface area contributed by atoms with Crippen molar-refractivity contribution in [1.82, 2.24) is 4.72 Å². The molecule has 0 bridgehead atoms. The van der Waals surface area contributed by atoms with E-state index in [0.29, 0.717) is 25.2 Å². The smallest absolute Gasteiger partial charge is 0.212 e. The van der Waals surface area contributed by atoms with Gasteiger partial charge in [0.2, 0.25) is 10.0 Å². The molecule has 1 fully saturated rings. The van der Waals surface area contributed by atoms with Gasteiger partial charge in [-0.3, -0.25) is 0 Å². The summed E-state index contributed by atoms with van der Waals surface area (Å²) in [5, 5.41) is 9.08. The normalized spacial score (nSPS) is 19.9. The van der Waals surface area contributed by atoms with E-state index in [4.69, 9.17) is 5.26 Å². The van der Waals surface area contributed by atoms with Crippen LogP contribution in [0.3, 0.4) is 0 Å². The van der Waals surface area contributed by atoms with Crippen molar-refractivity contribution in [1.29, 1.82) is 5.26 Å². The summed E-state index contributed by atoms with van der Waals surface area (Å²) in [5.74, 6) is 0.479. The van der Waals surface area contributed by atoms with Crippen LogP contribution in [0.5, 0.6) is 0 Å². The summed E-state index contributed by atoms with van der Waals surface area (Å²) in [4.78, 5) is 0. The fourth-order valence-corrected chi connectivity index (χ4v) is 3.68. The van der Waals surface area contributed by atoms with Gasteiger partial charge in [0, 0.05) is 0 Å². The van der Waals surface area contributed by atoms with Crippen molar-refractivity contribution in [3.8, 4) is 6.07 Å². The van der Waals surface area contributed by atoms with E-state index in [1.54, 1.807) is 0 Å². The minimum absolute atomic E-state index is 0.119. The van der Waals surface area contributed by atoms with E-state index in [9.17, 15) is 8.42 Å². The van der Waals surface area contributed by atoms with E-state index < -0.39 is 15.6 Å². The van der Waals surface area contributed by atoms with Gasteiger partial charge in [0.15, 0.2) is 0 Å². The quantitative estimate of drug-likeness (QED) is 0.801. The molecule has 92 valence electrons. The molecule has 0 aromatic heterocycles. The molecule has 0 heterocycles. The van der Waals surface area contributed by atoms with Crippen molar-refractivity contribution in [2.45, 2.75) is 51.5 Å². The SMILES string of the molecule is CC(C)CCS(=O)(=O)NC1(C#N)CCCC1. The van der Waals surface area contributed by atoms with Crippen LogP contribution in [0.15, 0.2) is 0 Å². The number of rotatable bonds is 5. The van der Waals surface area contributed by atoms with Crippen LogP contribution in [0.2, 0.25) is 0 Å². The second kappa shape index (κ2) is 5.15. The molecule has 0 atom stereocenters. The molecule has 16 heavy (non-hydrogen) atoms. The van der Waals surface area contributed by atoms with E-state index in [-0.39, 0.29) is 5.75 Å². The first-order chi connectivity index (χ1) is 7.39. The predicted octanol–water partition coefficient (Wildman–Crippen LogP) is 1.79. The zero-order valence-electron chi connectivity index (χ0n) is 9.99. The highest BCUT2D eigenvalue weighted by Crippen LogP contribution is 2.29. The summed E-state index contributed by atoms with van der Waals surface area (Å²) in [6, 6.07) is 2.13. The van der Waals surface area contributed by atoms with Crippen LogP contribution in [0.25, 0.3) is 0 Å². The van der Waals surface area contributed by atoms with Crippen LogP contribution in [0.4, 0.5) is 0 Å². The molecule has 0 spiro atoms. The summed E-state index contributed by atoms with van der Waals surface area (Å²) in [7, 11) is -3.30. The molecule has 1 N–H and O–H groups in total. The lowest BCUT2D eigenvalue weighted by atomic mass is 10.0. The largest absolute Gasteiger partial charge is 0.212 e. The summed E-state index contributed by atoms with van der Waals surface area (Å²) in [5.41, 5.74) is -0.824. The molecule has 0 amide bonds. The predicted molar refractivity (Wildman–Crippen MR) is 63.2 cm³/mol. The lowest BCUT2D eigenvalue weighted by Crippen LogP contribution is -2.46. The maximum atomic E-state index is 11.8. The Morgan fingerprint density at radius 1 is 1.38 bits per heavy atom. The molecule has 0 saturated heterocycles. The van der Waals surface area contributed by atoms with Gasteiger partial charge >= 0.3 is 0 Å². The molecule has 1 aliphatic rings. The van der Waals surface area contributed by atoms with Gasteiger partial charge in [-0.2, -0.15) is 9.98 Å². The maximum Gasteiger partial charge on any atom is 0.212 e. The zero-order chi connectivity index (χ0) is 12.2. The summed E-state index contributed by atoms with van der Waals surface area (Å²) in [6.45, 7) is 3.98. The Morgan fingerprint density at radius 3 is 2.38 bits per heavy atom. The minimum Gasteiger partial charge on any atom is -0.212 e. The Hall–Kier alpha value is -0.600. The molecule has 1 rings (SSSR count). The van der Waals surface area contributed by atoms with Crippen LogP contribution in [0, 0.1) is 17.2 Å². The fraction of sp³-hybridized carbons (Fsp3) is 0.909. The third kappa shape index (κ3) is 3.76. The van der Waals surface area contributed by atoms with Crippen LogP contribution < -0.4 is 4.72 Å². The van der Waals surface area contributed by atoms with Gasteiger partial charge < -0.3 is 0 Å². The van der Waals surface area contributed by atoms with Gasteiger partial charge in [0.1, 0.15) is 5.54 Å². The van der Waals surface area contributed by atoms with E-state index >= 15 is 0 Å². The maximum absolute atomic E-state index is 11.8. The van der Waals surface area contributed by atoms with Gasteiger partial charge in [0.25, 0.3) is 0 Å². The number of hydrogen-bond donors (Lipinski definition) is 1. The van der Waals surface area contributed by atoms with E-state index in [1.165, 1.54) is 0 Å². The first-order valence-electron chi connectivity index (χ1n) is 5.82. The standard InChI is InChI=1S/C11H20N2O2S/c1-10(2)5-8-16(14,15)13-11(9-12)6-3-4-7-11/h10,13H,3-8H2,1-2H3. The number of nitrogens with zero attached hydrogens (tertiary/aromatic N) is 1. The van der Waals surface area contributed by atoms with Crippen LogP contribution in [-0.4, -0.2) is 19.7 Å². The zero-order valence-corrected chi connectivity index (χ0v) is 10.8. The monoisotopic (exact) mass is 244 g/mol. The molecule has 0 aromatic carbocycles. The molecule has 0 radical (unpaired) electrons. The molecule has 0 aromatic rings. The number of nitrogens with one attached hydrogen (secondary N) is 1. The molecule has 5 heteroatoms. The van der Waals surface area contributed by atoms with Crippen LogP contribution >= 0.6 is 0 Å². The Bertz CT molecular complexity index is 362. The Labute approximate surface area is 98.1 Å². The fourth-order valence-electron chi connectivity index (χ4n) is 1.95. The average molecular weight is 244 g/mol. The van der Waals surface area contributed by atoms with Crippen LogP contribution in [-0.2, 0) is 10.0 Å². The second-order valence-electron chi connectivity index (χ2n) is 5.00. The lowest BCUT2D eigenvalue weighted by Gasteiger charge is -2.21. The average Bonchev–Trinajstić information content (AvgIpc) is 2.64. The summed E-state index contributed by atoms with van der Waals surface area (Å²) in [6.07, 6.45) is 3.78. The van der Waals surface area contributed by atoms with Crippen molar-refractivity contribution in [2.24, 2.45) is 5.92 Å². The molecule has 1 aliphatic carbocycles. The van der Waals surface area contributed by atoms with Crippen molar-refractivity contribution >= 4 is 10.0 Å². The Balaban J connectivity index is 2.61. The molecule has 1 saturated carbocycles. The molecule has 0 unspecified atom stereocenters. The third-order valence-corrected chi connectivity index (χ3v) is 4.46. The van der Waals surface area contributed by atoms with E-state index in [2.05, 4.69) is 10.8 Å². The highest BCUT2D eigenvalue weighted by molar-refractivity contribution is 7.89. The number of hydrogen-bond acceptors (Lipinski definition) is 3. The Kier molecular flexibility index (Phi) is 4.34. The topological polar surface area (TPSA) is 70.0 Å². The highest BCUT2D eigenvalue weighted by atomic mass is 32.2. The number of nitriles is 1. The van der Waals surface area contributed by atoms with E-state index in [0.717, 1.165) is 12.8 Å². The van der Waals surface area contributed by atoms with Crippen LogP contribution in [0.1, 0.15) is 46.0 Å². The van der Waals surface area contributed by atoms with Crippen molar-refractivity contribution in [3.63, 3.8) is 0 Å². The Morgan fingerprint density at radius 2 is 1.94 bits per heavy atom. The minimum atomic E-state index is -3.30. The third-order valence-electron chi connectivity index (χ3n) is 2.99. The highest BCUT2D eigenvalue weighted by Gasteiger charge is 2.37. The first-order valence-corrected chi connectivity index (χ1v) is 7.47. The van der Waals surface area contributed by atoms with Gasteiger partial charge in [-0.25, -0.2) is 8.42 Å². The van der Waals surface area contributed by atoms with Gasteiger partial charge in [-0.05, 0) is 25.2 Å². The summed E-state index contributed by atoms with van der Waals surface area (Å²) < 4.78 is 26.2. The van der Waals surface area contributed by atoms with Gasteiger partial charge in [-0.1, -0.05) is 26.7 Å². The second-order valence-corrected chi connectivity index (χ2v) is 6.85. The molecular weight excluding hydrogens is 224 g/mol. The van der Waals surface area contributed by atoms with Gasteiger partial charge in [0.05, 0.1) is 11.8 Å². The number of sulfonamides is 1. The van der Waals surface area contributed by atoms with Gasteiger partial charge in [-0.15, -0.1) is 0 Å². The van der Waals surface area contributed by atoms with Crippen molar-refractivity contribution in [2.75, 3.05) is 5.75 Å². The lowest BCUT2D eigenvalue weighted by molar-refractivity contribution is 0.481. The first kappa shape index (κ1) is 13.5. The summed E-state index contributed by atoms with van der Waals surface area (Å²) >= 11 is 0. The van der Waals surface area contributed by atoms with E-state index in [1.807, 2.05) is 13.8 Å². The van der Waals surface area contributed by atoms with Crippen molar-refractivity contribution < 1.29 is 8.42 Å².